The first-order valence-corrected chi connectivity index (χ1v) is 5.31. The summed E-state index contributed by atoms with van der Waals surface area (Å²) in [4.78, 5) is 0. The van der Waals surface area contributed by atoms with E-state index in [9.17, 15) is 0 Å². The van der Waals surface area contributed by atoms with Crippen LogP contribution in [0.2, 0.25) is 0 Å². The van der Waals surface area contributed by atoms with Gasteiger partial charge >= 0.3 is 0 Å². The molecule has 14 heavy (non-hydrogen) atoms. The Labute approximate surface area is 86.1 Å². The number of nitrogens with two attached hydrogens (primary N) is 2. The lowest BCUT2D eigenvalue weighted by molar-refractivity contribution is 0.636. The van der Waals surface area contributed by atoms with E-state index in [2.05, 4.69) is 10.5 Å². The van der Waals surface area contributed by atoms with Crippen LogP contribution in [-0.2, 0) is 6.54 Å². The van der Waals surface area contributed by atoms with Crippen LogP contribution >= 0.6 is 11.3 Å². The second-order valence-corrected chi connectivity index (χ2v) is 3.76. The number of nitrogen functional groups attached to an aromatic ring is 1. The highest BCUT2D eigenvalue weighted by molar-refractivity contribution is 7.08. The number of aromatic nitrogens is 2. The van der Waals surface area contributed by atoms with E-state index in [0.29, 0.717) is 18.9 Å². The fourth-order valence-corrected chi connectivity index (χ4v) is 1.93. The number of rotatable bonds is 3. The van der Waals surface area contributed by atoms with Crippen LogP contribution in [0.1, 0.15) is 0 Å². The van der Waals surface area contributed by atoms with Crippen molar-refractivity contribution < 1.29 is 0 Å². The van der Waals surface area contributed by atoms with Crippen LogP contribution < -0.4 is 11.5 Å². The van der Waals surface area contributed by atoms with Gasteiger partial charge in [-0.15, -0.1) is 0 Å². The van der Waals surface area contributed by atoms with E-state index in [-0.39, 0.29) is 0 Å². The average molecular weight is 208 g/mol. The van der Waals surface area contributed by atoms with Gasteiger partial charge in [0.25, 0.3) is 0 Å². The molecule has 0 amide bonds. The molecule has 0 atom stereocenters. The zero-order chi connectivity index (χ0) is 9.97. The van der Waals surface area contributed by atoms with E-state index < -0.39 is 0 Å². The van der Waals surface area contributed by atoms with E-state index in [0.717, 1.165) is 11.3 Å². The summed E-state index contributed by atoms with van der Waals surface area (Å²) in [7, 11) is 0. The fourth-order valence-electron chi connectivity index (χ4n) is 1.28. The van der Waals surface area contributed by atoms with Crippen molar-refractivity contribution in [3.63, 3.8) is 0 Å². The monoisotopic (exact) mass is 208 g/mol. The zero-order valence-corrected chi connectivity index (χ0v) is 8.50. The average Bonchev–Trinajstić information content (AvgIpc) is 2.76. The minimum absolute atomic E-state index is 0.551. The van der Waals surface area contributed by atoms with Gasteiger partial charge in [0, 0.05) is 23.6 Å². The number of hydrogen-bond donors (Lipinski definition) is 2. The molecule has 0 radical (unpaired) electrons. The second kappa shape index (κ2) is 3.81. The molecular weight excluding hydrogens is 196 g/mol. The molecule has 0 aliphatic carbocycles. The van der Waals surface area contributed by atoms with Crippen molar-refractivity contribution in [2.24, 2.45) is 5.73 Å². The lowest BCUT2D eigenvalue weighted by Gasteiger charge is -1.99. The highest BCUT2D eigenvalue weighted by atomic mass is 32.1. The van der Waals surface area contributed by atoms with Gasteiger partial charge in [-0.25, -0.2) is 4.68 Å². The molecule has 0 unspecified atom stereocenters. The maximum absolute atomic E-state index is 5.78. The molecule has 5 heteroatoms. The molecule has 0 aromatic carbocycles. The van der Waals surface area contributed by atoms with Gasteiger partial charge in [-0.05, 0) is 11.4 Å². The molecule has 0 spiro atoms. The summed E-state index contributed by atoms with van der Waals surface area (Å²) in [5, 5.41) is 8.43. The Morgan fingerprint density at radius 3 is 3.00 bits per heavy atom. The second-order valence-electron chi connectivity index (χ2n) is 2.98. The highest BCUT2D eigenvalue weighted by Crippen LogP contribution is 2.22. The Morgan fingerprint density at radius 2 is 2.36 bits per heavy atom. The Hall–Kier alpha value is -1.33. The maximum Gasteiger partial charge on any atom is 0.122 e. The summed E-state index contributed by atoms with van der Waals surface area (Å²) in [6.07, 6.45) is 0. The number of nitrogens with zero attached hydrogens (tertiary/aromatic N) is 2. The van der Waals surface area contributed by atoms with Crippen molar-refractivity contribution in [3.05, 3.63) is 22.9 Å². The molecule has 2 rings (SSSR count). The van der Waals surface area contributed by atoms with E-state index in [1.54, 1.807) is 16.0 Å². The lowest BCUT2D eigenvalue weighted by Crippen LogP contribution is -2.12. The predicted octanol–water partition coefficient (Wildman–Crippen LogP) is 1.15. The molecule has 2 heterocycles. The minimum Gasteiger partial charge on any atom is -0.384 e. The van der Waals surface area contributed by atoms with E-state index >= 15 is 0 Å². The van der Waals surface area contributed by atoms with Crippen LogP contribution in [0, 0.1) is 0 Å². The van der Waals surface area contributed by atoms with Crippen molar-refractivity contribution in [2.75, 3.05) is 12.3 Å². The predicted molar refractivity (Wildman–Crippen MR) is 59.0 cm³/mol. The van der Waals surface area contributed by atoms with E-state index in [1.807, 2.05) is 17.5 Å². The molecule has 0 fully saturated rings. The van der Waals surface area contributed by atoms with Crippen molar-refractivity contribution in [1.29, 1.82) is 0 Å². The summed E-state index contributed by atoms with van der Waals surface area (Å²) in [6, 6.07) is 3.90. The number of anilines is 1. The molecule has 0 saturated carbocycles. The smallest absolute Gasteiger partial charge is 0.122 e. The third kappa shape index (κ3) is 1.64. The first kappa shape index (κ1) is 9.23. The van der Waals surface area contributed by atoms with Crippen LogP contribution in [0.15, 0.2) is 22.9 Å². The Balaban J connectivity index is 2.33. The van der Waals surface area contributed by atoms with Gasteiger partial charge in [0.1, 0.15) is 5.82 Å². The normalized spacial score (nSPS) is 10.6. The van der Waals surface area contributed by atoms with Gasteiger partial charge in [0.05, 0.1) is 12.2 Å². The maximum atomic E-state index is 5.78. The molecule has 0 aliphatic rings. The number of thiophene rings is 1. The SMILES string of the molecule is NCCn1nc(-c2ccsc2)cc1N. The molecule has 0 saturated heterocycles. The topological polar surface area (TPSA) is 69.9 Å². The molecule has 2 aromatic heterocycles. The first-order valence-electron chi connectivity index (χ1n) is 4.37. The van der Waals surface area contributed by atoms with Gasteiger partial charge in [-0.2, -0.15) is 16.4 Å². The van der Waals surface area contributed by atoms with E-state index in [1.165, 1.54) is 0 Å². The van der Waals surface area contributed by atoms with Crippen LogP contribution in [0.5, 0.6) is 0 Å². The Kier molecular flexibility index (Phi) is 2.51. The highest BCUT2D eigenvalue weighted by Gasteiger charge is 2.06. The molecule has 74 valence electrons. The third-order valence-corrected chi connectivity index (χ3v) is 2.65. The van der Waals surface area contributed by atoms with E-state index in [4.69, 9.17) is 11.5 Å². The van der Waals surface area contributed by atoms with Crippen LogP contribution in [0.4, 0.5) is 5.82 Å². The zero-order valence-electron chi connectivity index (χ0n) is 7.68. The van der Waals surface area contributed by atoms with Gasteiger partial charge in [-0.1, -0.05) is 0 Å². The minimum atomic E-state index is 0.551. The van der Waals surface area contributed by atoms with Crippen LogP contribution in [-0.4, -0.2) is 16.3 Å². The fraction of sp³-hybridized carbons (Fsp3) is 0.222. The molecular formula is C9H12N4S. The molecule has 0 bridgehead atoms. The van der Waals surface area contributed by atoms with Crippen molar-refractivity contribution in [2.45, 2.75) is 6.54 Å². The number of hydrogen-bond acceptors (Lipinski definition) is 4. The molecule has 2 aromatic rings. The first-order chi connectivity index (χ1) is 6.81. The van der Waals surface area contributed by atoms with Crippen LogP contribution in [0.3, 0.4) is 0 Å². The quantitative estimate of drug-likeness (QED) is 0.795. The van der Waals surface area contributed by atoms with Crippen LogP contribution in [0.25, 0.3) is 11.3 Å². The van der Waals surface area contributed by atoms with Gasteiger partial charge in [-0.3, -0.25) is 0 Å². The lowest BCUT2D eigenvalue weighted by atomic mass is 10.2. The van der Waals surface area contributed by atoms with Crippen molar-refractivity contribution in [1.82, 2.24) is 9.78 Å². The van der Waals surface area contributed by atoms with Gasteiger partial charge in [0.15, 0.2) is 0 Å². The Bertz CT molecular complexity index is 404. The Morgan fingerprint density at radius 1 is 1.50 bits per heavy atom. The summed E-state index contributed by atoms with van der Waals surface area (Å²) >= 11 is 1.65. The van der Waals surface area contributed by atoms with Crippen molar-refractivity contribution in [3.8, 4) is 11.3 Å². The van der Waals surface area contributed by atoms with Gasteiger partial charge in [0.2, 0.25) is 0 Å². The molecule has 4 nitrogen and oxygen atoms in total. The van der Waals surface area contributed by atoms with Gasteiger partial charge < -0.3 is 11.5 Å². The summed E-state index contributed by atoms with van der Waals surface area (Å²) < 4.78 is 1.73. The summed E-state index contributed by atoms with van der Waals surface area (Å²) in [6.45, 7) is 1.21. The summed E-state index contributed by atoms with van der Waals surface area (Å²) in [5.41, 5.74) is 13.2. The summed E-state index contributed by atoms with van der Waals surface area (Å²) in [5.74, 6) is 0.664. The van der Waals surface area contributed by atoms with Crippen molar-refractivity contribution >= 4 is 17.2 Å². The standard InChI is InChI=1S/C9H12N4S/c10-2-3-13-9(11)5-8(12-13)7-1-4-14-6-7/h1,4-6H,2-3,10-11H2. The largest absolute Gasteiger partial charge is 0.384 e. The third-order valence-electron chi connectivity index (χ3n) is 1.97. The molecule has 0 aliphatic heterocycles. The molecule has 4 N–H and O–H groups in total.